The fourth-order valence-electron chi connectivity index (χ4n) is 4.66. The summed E-state index contributed by atoms with van der Waals surface area (Å²) in [4.78, 5) is 23.6. The van der Waals surface area contributed by atoms with Crippen molar-refractivity contribution in [2.75, 3.05) is 6.54 Å². The van der Waals surface area contributed by atoms with E-state index >= 15 is 0 Å². The van der Waals surface area contributed by atoms with Gasteiger partial charge in [-0.05, 0) is 49.9 Å². The number of urea groups is 1. The van der Waals surface area contributed by atoms with Gasteiger partial charge in [-0.2, -0.15) is 0 Å². The second-order valence-electron chi connectivity index (χ2n) is 7.22. The molecule has 3 aliphatic rings. The van der Waals surface area contributed by atoms with Gasteiger partial charge in [0.2, 0.25) is 0 Å². The minimum atomic E-state index is -1.04. The van der Waals surface area contributed by atoms with Gasteiger partial charge in [0.25, 0.3) is 0 Å². The molecule has 0 saturated heterocycles. The summed E-state index contributed by atoms with van der Waals surface area (Å²) in [5, 5.41) is 15.1. The second kappa shape index (κ2) is 5.85. The second-order valence-corrected chi connectivity index (χ2v) is 7.22. The van der Waals surface area contributed by atoms with Crippen LogP contribution in [0.2, 0.25) is 0 Å². The zero-order chi connectivity index (χ0) is 14.9. The highest BCUT2D eigenvalue weighted by atomic mass is 16.4. The molecule has 5 heteroatoms. The first-order valence-electron chi connectivity index (χ1n) is 8.38. The van der Waals surface area contributed by atoms with Crippen LogP contribution in [-0.2, 0) is 4.79 Å². The van der Waals surface area contributed by atoms with E-state index in [9.17, 15) is 14.7 Å². The van der Waals surface area contributed by atoms with Crippen molar-refractivity contribution in [3.8, 4) is 0 Å². The van der Waals surface area contributed by atoms with E-state index in [1.807, 2.05) is 0 Å². The van der Waals surface area contributed by atoms with E-state index in [4.69, 9.17) is 0 Å². The molecule has 0 heterocycles. The Balaban J connectivity index is 1.49. The van der Waals surface area contributed by atoms with Gasteiger partial charge in [0.15, 0.2) is 0 Å². The SMILES string of the molecule is O=C(NCC1CC2CCC1C2)NC1(C(=O)O)CCCCC1. The monoisotopic (exact) mass is 294 g/mol. The van der Waals surface area contributed by atoms with Gasteiger partial charge in [0.1, 0.15) is 5.54 Å². The quantitative estimate of drug-likeness (QED) is 0.745. The predicted octanol–water partition coefficient (Wildman–Crippen LogP) is 2.51. The molecule has 3 aliphatic carbocycles. The molecule has 21 heavy (non-hydrogen) atoms. The molecule has 3 atom stereocenters. The number of carboxylic acids is 1. The molecule has 2 amide bonds. The lowest BCUT2D eigenvalue weighted by molar-refractivity contribution is -0.145. The molecule has 3 saturated carbocycles. The number of carbonyl (C=O) groups is 2. The van der Waals surface area contributed by atoms with E-state index in [0.29, 0.717) is 25.3 Å². The Morgan fingerprint density at radius 1 is 1.10 bits per heavy atom. The molecule has 118 valence electrons. The first-order chi connectivity index (χ1) is 10.1. The number of nitrogens with one attached hydrogen (secondary N) is 2. The Kier molecular flexibility index (Phi) is 4.09. The van der Waals surface area contributed by atoms with E-state index in [1.165, 1.54) is 25.7 Å². The Bertz CT molecular complexity index is 418. The van der Waals surface area contributed by atoms with Crippen molar-refractivity contribution in [3.63, 3.8) is 0 Å². The van der Waals surface area contributed by atoms with E-state index in [2.05, 4.69) is 10.6 Å². The highest BCUT2D eigenvalue weighted by molar-refractivity contribution is 5.86. The van der Waals surface area contributed by atoms with Gasteiger partial charge in [-0.1, -0.05) is 25.7 Å². The van der Waals surface area contributed by atoms with Crippen LogP contribution in [0.25, 0.3) is 0 Å². The van der Waals surface area contributed by atoms with Gasteiger partial charge in [-0.15, -0.1) is 0 Å². The number of fused-ring (bicyclic) bond motifs is 2. The topological polar surface area (TPSA) is 78.4 Å². The molecule has 2 bridgehead atoms. The van der Waals surface area contributed by atoms with E-state index in [-0.39, 0.29) is 6.03 Å². The summed E-state index contributed by atoms with van der Waals surface area (Å²) < 4.78 is 0. The number of carbonyl (C=O) groups excluding carboxylic acids is 1. The first kappa shape index (κ1) is 14.7. The third-order valence-corrected chi connectivity index (χ3v) is 5.88. The van der Waals surface area contributed by atoms with Gasteiger partial charge in [-0.25, -0.2) is 9.59 Å². The maximum absolute atomic E-state index is 12.1. The maximum atomic E-state index is 12.1. The minimum absolute atomic E-state index is 0.304. The Hall–Kier alpha value is -1.26. The summed E-state index contributed by atoms with van der Waals surface area (Å²) in [6.07, 6.45) is 9.12. The fourth-order valence-corrected chi connectivity index (χ4v) is 4.66. The van der Waals surface area contributed by atoms with Crippen LogP contribution in [0.5, 0.6) is 0 Å². The van der Waals surface area contributed by atoms with Gasteiger partial charge in [0, 0.05) is 6.54 Å². The summed E-state index contributed by atoms with van der Waals surface area (Å²) in [5.74, 6) is 1.35. The average Bonchev–Trinajstić information content (AvgIpc) is 3.08. The van der Waals surface area contributed by atoms with Gasteiger partial charge in [0.05, 0.1) is 0 Å². The van der Waals surface area contributed by atoms with E-state index < -0.39 is 11.5 Å². The van der Waals surface area contributed by atoms with Gasteiger partial charge in [-0.3, -0.25) is 0 Å². The lowest BCUT2D eigenvalue weighted by atomic mass is 9.82. The van der Waals surface area contributed by atoms with Crippen molar-refractivity contribution in [2.45, 2.75) is 63.3 Å². The van der Waals surface area contributed by atoms with Crippen LogP contribution in [0.15, 0.2) is 0 Å². The van der Waals surface area contributed by atoms with Crippen LogP contribution < -0.4 is 10.6 Å². The molecule has 3 fully saturated rings. The number of carboxylic acid groups (broad SMARTS) is 1. The smallest absolute Gasteiger partial charge is 0.329 e. The number of hydrogen-bond donors (Lipinski definition) is 3. The van der Waals surface area contributed by atoms with Crippen LogP contribution in [0, 0.1) is 17.8 Å². The maximum Gasteiger partial charge on any atom is 0.329 e. The summed E-state index contributed by atoms with van der Waals surface area (Å²) in [5.41, 5.74) is -1.04. The van der Waals surface area contributed by atoms with Crippen molar-refractivity contribution in [1.29, 1.82) is 0 Å². The summed E-state index contributed by atoms with van der Waals surface area (Å²) >= 11 is 0. The number of rotatable bonds is 4. The number of hydrogen-bond acceptors (Lipinski definition) is 2. The molecule has 0 aliphatic heterocycles. The minimum Gasteiger partial charge on any atom is -0.480 e. The summed E-state index contributed by atoms with van der Waals surface area (Å²) in [7, 11) is 0. The van der Waals surface area contributed by atoms with Crippen LogP contribution in [0.1, 0.15) is 57.8 Å². The van der Waals surface area contributed by atoms with Crippen molar-refractivity contribution >= 4 is 12.0 Å². The normalized spacial score (nSPS) is 33.6. The van der Waals surface area contributed by atoms with Crippen LogP contribution in [0.4, 0.5) is 4.79 Å². The molecule has 0 aromatic heterocycles. The Morgan fingerprint density at radius 3 is 2.43 bits per heavy atom. The zero-order valence-electron chi connectivity index (χ0n) is 12.6. The number of amides is 2. The lowest BCUT2D eigenvalue weighted by Gasteiger charge is -2.34. The van der Waals surface area contributed by atoms with Crippen LogP contribution in [0.3, 0.4) is 0 Å². The summed E-state index contributed by atoms with van der Waals surface area (Å²) in [6, 6.07) is -0.304. The number of aliphatic carboxylic acids is 1. The molecule has 0 spiro atoms. The third-order valence-electron chi connectivity index (χ3n) is 5.88. The van der Waals surface area contributed by atoms with Gasteiger partial charge < -0.3 is 15.7 Å². The standard InChI is InChI=1S/C16H26N2O3/c19-14(20)16(6-2-1-3-7-16)18-15(21)17-10-13-9-11-4-5-12(13)8-11/h11-13H,1-10H2,(H,19,20)(H2,17,18,21). The molecule has 0 aromatic rings. The van der Waals surface area contributed by atoms with Crippen molar-refractivity contribution < 1.29 is 14.7 Å². The zero-order valence-corrected chi connectivity index (χ0v) is 12.6. The molecule has 0 aromatic carbocycles. The van der Waals surface area contributed by atoms with Crippen molar-refractivity contribution in [3.05, 3.63) is 0 Å². The van der Waals surface area contributed by atoms with Gasteiger partial charge >= 0.3 is 12.0 Å². The Morgan fingerprint density at radius 2 is 1.86 bits per heavy atom. The van der Waals surface area contributed by atoms with Crippen LogP contribution in [-0.4, -0.2) is 29.2 Å². The molecule has 0 radical (unpaired) electrons. The molecular weight excluding hydrogens is 268 g/mol. The lowest BCUT2D eigenvalue weighted by Crippen LogP contribution is -2.58. The Labute approximate surface area is 125 Å². The van der Waals surface area contributed by atoms with Crippen LogP contribution >= 0.6 is 0 Å². The van der Waals surface area contributed by atoms with E-state index in [1.54, 1.807) is 0 Å². The first-order valence-corrected chi connectivity index (χ1v) is 8.38. The highest BCUT2D eigenvalue weighted by Crippen LogP contribution is 2.47. The molecule has 5 nitrogen and oxygen atoms in total. The largest absolute Gasteiger partial charge is 0.480 e. The molecule has 3 rings (SSSR count). The van der Waals surface area contributed by atoms with Crippen molar-refractivity contribution in [1.82, 2.24) is 10.6 Å². The highest BCUT2D eigenvalue weighted by Gasteiger charge is 2.42. The molecule has 3 unspecified atom stereocenters. The average molecular weight is 294 g/mol. The van der Waals surface area contributed by atoms with Crippen molar-refractivity contribution in [2.24, 2.45) is 17.8 Å². The van der Waals surface area contributed by atoms with E-state index in [0.717, 1.165) is 31.1 Å². The molecule has 3 N–H and O–H groups in total. The molecular formula is C16H26N2O3. The third kappa shape index (κ3) is 3.01. The fraction of sp³-hybridized carbons (Fsp3) is 0.875. The predicted molar refractivity (Wildman–Crippen MR) is 78.9 cm³/mol. The summed E-state index contributed by atoms with van der Waals surface area (Å²) in [6.45, 7) is 0.697.